The highest BCUT2D eigenvalue weighted by Gasteiger charge is 2.12. The van der Waals surface area contributed by atoms with Crippen molar-refractivity contribution >= 4 is 27.8 Å². The van der Waals surface area contributed by atoms with Crippen LogP contribution in [0, 0.1) is 10.1 Å². The fraction of sp³-hybridized carbons (Fsp3) is 0.154. The first kappa shape index (κ1) is 14.3. The minimum Gasteiger partial charge on any atom is -0.455 e. The van der Waals surface area contributed by atoms with Crippen LogP contribution in [0.15, 0.2) is 44.3 Å². The molecule has 1 aromatic carbocycles. The van der Waals surface area contributed by atoms with Crippen molar-refractivity contribution in [3.8, 4) is 11.3 Å². The van der Waals surface area contributed by atoms with Crippen molar-refractivity contribution in [1.82, 2.24) is 5.01 Å². The van der Waals surface area contributed by atoms with Crippen molar-refractivity contribution in [2.45, 2.75) is 0 Å². The normalized spacial score (nSPS) is 10.9. The van der Waals surface area contributed by atoms with Gasteiger partial charge >= 0.3 is 0 Å². The average molecular weight is 338 g/mol. The molecule has 0 aliphatic rings. The van der Waals surface area contributed by atoms with Crippen molar-refractivity contribution in [3.05, 3.63) is 50.7 Å². The average Bonchev–Trinajstić information content (AvgIpc) is 2.84. The lowest BCUT2D eigenvalue weighted by Gasteiger charge is -2.02. The summed E-state index contributed by atoms with van der Waals surface area (Å²) in [6, 6.07) is 8.12. The minimum atomic E-state index is -0.439. The molecule has 0 spiro atoms. The highest BCUT2D eigenvalue weighted by atomic mass is 79.9. The van der Waals surface area contributed by atoms with Gasteiger partial charge in [0, 0.05) is 36.3 Å². The van der Waals surface area contributed by atoms with Gasteiger partial charge in [0.05, 0.1) is 11.1 Å². The van der Waals surface area contributed by atoms with Crippen molar-refractivity contribution in [2.24, 2.45) is 5.10 Å². The van der Waals surface area contributed by atoms with Gasteiger partial charge in [0.15, 0.2) is 0 Å². The molecule has 0 saturated carbocycles. The molecule has 0 fully saturated rings. The Hall–Kier alpha value is -2.15. The summed E-state index contributed by atoms with van der Waals surface area (Å²) in [5.41, 5.74) is 0.779. The van der Waals surface area contributed by atoms with Gasteiger partial charge in [-0.15, -0.1) is 0 Å². The van der Waals surface area contributed by atoms with Gasteiger partial charge in [-0.25, -0.2) is 0 Å². The summed E-state index contributed by atoms with van der Waals surface area (Å²) in [6.07, 6.45) is 1.60. The maximum Gasteiger partial charge on any atom is 0.270 e. The zero-order valence-corrected chi connectivity index (χ0v) is 12.5. The molecule has 2 rings (SSSR count). The smallest absolute Gasteiger partial charge is 0.270 e. The van der Waals surface area contributed by atoms with E-state index in [0.717, 1.165) is 5.56 Å². The Morgan fingerprint density at radius 2 is 2.10 bits per heavy atom. The number of furan rings is 1. The molecule has 1 aromatic heterocycles. The molecular weight excluding hydrogens is 326 g/mol. The molecule has 0 saturated heterocycles. The molecule has 0 unspecified atom stereocenters. The number of benzene rings is 1. The highest BCUT2D eigenvalue weighted by Crippen LogP contribution is 2.32. The number of hydrogen-bond donors (Lipinski definition) is 0. The lowest BCUT2D eigenvalue weighted by molar-refractivity contribution is -0.384. The van der Waals surface area contributed by atoms with Crippen LogP contribution in [0.25, 0.3) is 11.3 Å². The Labute approximate surface area is 124 Å². The van der Waals surface area contributed by atoms with Crippen LogP contribution in [-0.4, -0.2) is 30.2 Å². The predicted octanol–water partition coefficient (Wildman–Crippen LogP) is 3.51. The van der Waals surface area contributed by atoms with E-state index in [1.54, 1.807) is 29.4 Å². The largest absolute Gasteiger partial charge is 0.455 e. The molecule has 0 atom stereocenters. The molecule has 2 aromatic rings. The van der Waals surface area contributed by atoms with Crippen LogP contribution >= 0.6 is 15.9 Å². The fourth-order valence-electron chi connectivity index (χ4n) is 1.56. The summed E-state index contributed by atoms with van der Waals surface area (Å²) in [5.74, 6) is 1.23. The number of hydrogen-bond acceptors (Lipinski definition) is 5. The van der Waals surface area contributed by atoms with Crippen molar-refractivity contribution < 1.29 is 9.34 Å². The third kappa shape index (κ3) is 3.24. The Morgan fingerprint density at radius 3 is 2.70 bits per heavy atom. The summed E-state index contributed by atoms with van der Waals surface area (Å²) in [6.45, 7) is 0. The maximum atomic E-state index is 10.7. The van der Waals surface area contributed by atoms with Gasteiger partial charge in [-0.1, -0.05) is 0 Å². The van der Waals surface area contributed by atoms with Crippen LogP contribution in [0.1, 0.15) is 5.76 Å². The molecule has 7 heteroatoms. The van der Waals surface area contributed by atoms with Crippen LogP contribution in [0.3, 0.4) is 0 Å². The number of halogens is 1. The predicted molar refractivity (Wildman–Crippen MR) is 79.8 cm³/mol. The first-order valence-corrected chi connectivity index (χ1v) is 6.52. The standard InChI is InChI=1S/C13H12BrN3O3/c1-16(2)15-8-10-4-6-13(20-10)11-5-3-9(17(18)19)7-12(11)14/h3-8H,1-2H3/b15-8+. The summed E-state index contributed by atoms with van der Waals surface area (Å²) < 4.78 is 6.23. The van der Waals surface area contributed by atoms with E-state index in [1.807, 2.05) is 14.1 Å². The number of hydrazone groups is 1. The molecule has 0 N–H and O–H groups in total. The topological polar surface area (TPSA) is 71.9 Å². The van der Waals surface area contributed by atoms with E-state index < -0.39 is 4.92 Å². The number of non-ortho nitro benzene ring substituents is 1. The summed E-state index contributed by atoms with van der Waals surface area (Å²) >= 11 is 3.32. The van der Waals surface area contributed by atoms with Crippen molar-refractivity contribution in [3.63, 3.8) is 0 Å². The number of nitro benzene ring substituents is 1. The van der Waals surface area contributed by atoms with Crippen LogP contribution in [0.2, 0.25) is 0 Å². The highest BCUT2D eigenvalue weighted by molar-refractivity contribution is 9.10. The quantitative estimate of drug-likeness (QED) is 0.486. The van der Waals surface area contributed by atoms with E-state index in [-0.39, 0.29) is 5.69 Å². The molecule has 0 bridgehead atoms. The van der Waals surface area contributed by atoms with Gasteiger partial charge in [-0.2, -0.15) is 5.10 Å². The Kier molecular flexibility index (Phi) is 4.19. The maximum absolute atomic E-state index is 10.7. The third-order valence-electron chi connectivity index (χ3n) is 2.47. The Bertz CT molecular complexity index is 665. The fourth-order valence-corrected chi connectivity index (χ4v) is 2.12. The summed E-state index contributed by atoms with van der Waals surface area (Å²) in [4.78, 5) is 10.3. The lowest BCUT2D eigenvalue weighted by atomic mass is 10.1. The first-order chi connectivity index (χ1) is 9.47. The van der Waals surface area contributed by atoms with Gasteiger partial charge in [-0.3, -0.25) is 10.1 Å². The van der Waals surface area contributed by atoms with E-state index in [9.17, 15) is 10.1 Å². The van der Waals surface area contributed by atoms with E-state index >= 15 is 0 Å². The molecule has 0 radical (unpaired) electrons. The van der Waals surface area contributed by atoms with Crippen LogP contribution in [0.5, 0.6) is 0 Å². The van der Waals surface area contributed by atoms with Gasteiger partial charge in [0.1, 0.15) is 11.5 Å². The van der Waals surface area contributed by atoms with Gasteiger partial charge in [0.2, 0.25) is 0 Å². The molecule has 6 nitrogen and oxygen atoms in total. The van der Waals surface area contributed by atoms with E-state index in [4.69, 9.17) is 4.42 Å². The molecule has 0 amide bonds. The number of rotatable bonds is 4. The first-order valence-electron chi connectivity index (χ1n) is 5.73. The van der Waals surface area contributed by atoms with Crippen LogP contribution in [0.4, 0.5) is 5.69 Å². The number of nitro groups is 1. The Morgan fingerprint density at radius 1 is 1.35 bits per heavy atom. The monoisotopic (exact) mass is 337 g/mol. The van der Waals surface area contributed by atoms with E-state index in [0.29, 0.717) is 16.0 Å². The Balaban J connectivity index is 2.30. The van der Waals surface area contributed by atoms with Gasteiger partial charge in [0.25, 0.3) is 5.69 Å². The molecule has 0 aliphatic heterocycles. The second kappa shape index (κ2) is 5.87. The molecule has 0 aliphatic carbocycles. The number of nitrogens with zero attached hydrogens (tertiary/aromatic N) is 3. The SMILES string of the molecule is CN(C)/N=C/c1ccc(-c2ccc([N+](=O)[O-])cc2Br)o1. The van der Waals surface area contributed by atoms with Gasteiger partial charge < -0.3 is 9.43 Å². The third-order valence-corrected chi connectivity index (χ3v) is 3.13. The second-order valence-electron chi connectivity index (χ2n) is 4.22. The molecular formula is C13H12BrN3O3. The van der Waals surface area contributed by atoms with Crippen molar-refractivity contribution in [1.29, 1.82) is 0 Å². The summed E-state index contributed by atoms with van der Waals surface area (Å²) in [7, 11) is 3.63. The molecule has 20 heavy (non-hydrogen) atoms. The van der Waals surface area contributed by atoms with E-state index in [2.05, 4.69) is 21.0 Å². The second-order valence-corrected chi connectivity index (χ2v) is 5.07. The molecule has 1 heterocycles. The van der Waals surface area contributed by atoms with Gasteiger partial charge in [-0.05, 0) is 34.1 Å². The zero-order valence-electron chi connectivity index (χ0n) is 10.9. The van der Waals surface area contributed by atoms with Crippen molar-refractivity contribution in [2.75, 3.05) is 14.1 Å². The zero-order chi connectivity index (χ0) is 14.7. The summed E-state index contributed by atoms with van der Waals surface area (Å²) in [5, 5.41) is 16.4. The molecule has 104 valence electrons. The lowest BCUT2D eigenvalue weighted by Crippen LogP contribution is -2.01. The minimum absolute atomic E-state index is 0.0292. The van der Waals surface area contributed by atoms with Crippen LogP contribution in [-0.2, 0) is 0 Å². The van der Waals surface area contributed by atoms with Crippen LogP contribution < -0.4 is 0 Å². The van der Waals surface area contributed by atoms with E-state index in [1.165, 1.54) is 12.1 Å².